The number of aromatic nitrogens is 3. The molecule has 124 valence electrons. The highest BCUT2D eigenvalue weighted by atomic mass is 35.5. The SMILES string of the molecule is C=CC(=O)Nc1ccc(CCCc2n[nH]c3c(Cl)c(C)cn23)cc1. The lowest BCUT2D eigenvalue weighted by atomic mass is 10.1. The summed E-state index contributed by atoms with van der Waals surface area (Å²) in [7, 11) is 0. The Morgan fingerprint density at radius 1 is 1.38 bits per heavy atom. The fourth-order valence-electron chi connectivity index (χ4n) is 2.66. The molecular weight excluding hydrogens is 324 g/mol. The maximum atomic E-state index is 11.3. The number of fused-ring (bicyclic) bond motifs is 1. The highest BCUT2D eigenvalue weighted by Gasteiger charge is 2.11. The van der Waals surface area contributed by atoms with Gasteiger partial charge in [-0.05, 0) is 49.1 Å². The van der Waals surface area contributed by atoms with Crippen LogP contribution in [0.25, 0.3) is 5.65 Å². The smallest absolute Gasteiger partial charge is 0.247 e. The van der Waals surface area contributed by atoms with E-state index in [4.69, 9.17) is 11.6 Å². The van der Waals surface area contributed by atoms with Gasteiger partial charge in [0.25, 0.3) is 0 Å². The molecule has 0 fully saturated rings. The van der Waals surface area contributed by atoms with Crippen molar-refractivity contribution < 1.29 is 4.79 Å². The lowest BCUT2D eigenvalue weighted by Gasteiger charge is -2.04. The molecule has 0 spiro atoms. The Morgan fingerprint density at radius 2 is 2.12 bits per heavy atom. The van der Waals surface area contributed by atoms with E-state index in [1.165, 1.54) is 11.6 Å². The predicted molar refractivity (Wildman–Crippen MR) is 96.6 cm³/mol. The van der Waals surface area contributed by atoms with Gasteiger partial charge < -0.3 is 5.32 Å². The molecular formula is C18H19ClN4O. The van der Waals surface area contributed by atoms with Gasteiger partial charge in [0, 0.05) is 18.3 Å². The monoisotopic (exact) mass is 342 g/mol. The van der Waals surface area contributed by atoms with Gasteiger partial charge in [0.2, 0.25) is 5.91 Å². The molecule has 1 amide bonds. The number of nitrogens with zero attached hydrogens (tertiary/aromatic N) is 2. The van der Waals surface area contributed by atoms with Crippen molar-refractivity contribution in [2.75, 3.05) is 5.32 Å². The minimum Gasteiger partial charge on any atom is -0.323 e. The van der Waals surface area contributed by atoms with Crippen LogP contribution in [0.1, 0.15) is 23.4 Å². The Labute approximate surface area is 145 Å². The number of aryl methyl sites for hydroxylation is 3. The minimum atomic E-state index is -0.203. The Bertz CT molecular complexity index is 876. The van der Waals surface area contributed by atoms with Crippen molar-refractivity contribution in [3.05, 3.63) is 65.1 Å². The lowest BCUT2D eigenvalue weighted by molar-refractivity contribution is -0.111. The molecule has 0 saturated heterocycles. The van der Waals surface area contributed by atoms with Crippen molar-refractivity contribution in [2.45, 2.75) is 26.2 Å². The summed E-state index contributed by atoms with van der Waals surface area (Å²) < 4.78 is 2.02. The number of nitrogens with one attached hydrogen (secondary N) is 2. The maximum absolute atomic E-state index is 11.3. The van der Waals surface area contributed by atoms with Crippen molar-refractivity contribution in [3.8, 4) is 0 Å². The van der Waals surface area contributed by atoms with Gasteiger partial charge in [0.15, 0.2) is 5.65 Å². The molecule has 1 aromatic carbocycles. The number of amides is 1. The van der Waals surface area contributed by atoms with Crippen LogP contribution in [0.3, 0.4) is 0 Å². The van der Waals surface area contributed by atoms with Gasteiger partial charge in [-0.25, -0.2) is 0 Å². The summed E-state index contributed by atoms with van der Waals surface area (Å²) in [5.41, 5.74) is 3.89. The Balaban J connectivity index is 1.58. The normalized spacial score (nSPS) is 10.9. The summed E-state index contributed by atoms with van der Waals surface area (Å²) in [5.74, 6) is 0.779. The third-order valence-corrected chi connectivity index (χ3v) is 4.44. The van der Waals surface area contributed by atoms with Gasteiger partial charge >= 0.3 is 0 Å². The van der Waals surface area contributed by atoms with Crippen LogP contribution in [-0.4, -0.2) is 20.5 Å². The van der Waals surface area contributed by atoms with E-state index < -0.39 is 0 Å². The molecule has 0 atom stereocenters. The van der Waals surface area contributed by atoms with Gasteiger partial charge in [-0.15, -0.1) is 0 Å². The lowest BCUT2D eigenvalue weighted by Crippen LogP contribution is -2.07. The van der Waals surface area contributed by atoms with Crippen LogP contribution >= 0.6 is 11.6 Å². The largest absolute Gasteiger partial charge is 0.323 e. The number of aromatic amines is 1. The van der Waals surface area contributed by atoms with E-state index in [9.17, 15) is 4.79 Å². The average Bonchev–Trinajstić information content (AvgIpc) is 3.10. The highest BCUT2D eigenvalue weighted by molar-refractivity contribution is 6.34. The zero-order valence-electron chi connectivity index (χ0n) is 13.5. The van der Waals surface area contributed by atoms with Crippen LogP contribution in [0.5, 0.6) is 0 Å². The van der Waals surface area contributed by atoms with Gasteiger partial charge in [0.05, 0.1) is 5.02 Å². The number of H-pyrrole nitrogens is 1. The molecule has 3 aromatic rings. The van der Waals surface area contributed by atoms with E-state index in [1.807, 2.05) is 41.8 Å². The summed E-state index contributed by atoms with van der Waals surface area (Å²) in [4.78, 5) is 11.3. The molecule has 0 aliphatic rings. The summed E-state index contributed by atoms with van der Waals surface area (Å²) >= 11 is 6.22. The van der Waals surface area contributed by atoms with Crippen molar-refractivity contribution >= 4 is 28.8 Å². The zero-order chi connectivity index (χ0) is 17.1. The first kappa shape index (κ1) is 16.3. The van der Waals surface area contributed by atoms with E-state index in [0.29, 0.717) is 0 Å². The number of hydrogen-bond acceptors (Lipinski definition) is 2. The summed E-state index contributed by atoms with van der Waals surface area (Å²) in [6, 6.07) is 7.85. The summed E-state index contributed by atoms with van der Waals surface area (Å²) in [6.07, 6.45) is 6.05. The molecule has 0 radical (unpaired) electrons. The quantitative estimate of drug-likeness (QED) is 0.667. The summed E-state index contributed by atoms with van der Waals surface area (Å²) in [6.45, 7) is 5.42. The Kier molecular flexibility index (Phi) is 4.71. The third-order valence-electron chi connectivity index (χ3n) is 3.96. The fraction of sp³-hybridized carbons (Fsp3) is 0.222. The second-order valence-electron chi connectivity index (χ2n) is 5.73. The molecule has 6 heteroatoms. The van der Waals surface area contributed by atoms with Crippen LogP contribution in [0.4, 0.5) is 5.69 Å². The molecule has 24 heavy (non-hydrogen) atoms. The van der Waals surface area contributed by atoms with Crippen LogP contribution < -0.4 is 5.32 Å². The molecule has 2 N–H and O–H groups in total. The summed E-state index contributed by atoms with van der Waals surface area (Å²) in [5, 5.41) is 10.8. The fourth-order valence-corrected chi connectivity index (χ4v) is 2.84. The van der Waals surface area contributed by atoms with E-state index >= 15 is 0 Å². The number of carbonyl (C=O) groups excluding carboxylic acids is 1. The first-order chi connectivity index (χ1) is 11.6. The molecule has 2 aromatic heterocycles. The Hall–Kier alpha value is -2.53. The van der Waals surface area contributed by atoms with E-state index in [0.717, 1.165) is 47.0 Å². The first-order valence-corrected chi connectivity index (χ1v) is 8.19. The Morgan fingerprint density at radius 3 is 2.83 bits per heavy atom. The number of benzene rings is 1. The molecule has 0 unspecified atom stereocenters. The van der Waals surface area contributed by atoms with E-state index in [2.05, 4.69) is 22.1 Å². The number of hydrogen-bond donors (Lipinski definition) is 2. The number of carbonyl (C=O) groups is 1. The average molecular weight is 343 g/mol. The van der Waals surface area contributed by atoms with Crippen LogP contribution in [0.2, 0.25) is 5.02 Å². The van der Waals surface area contributed by atoms with E-state index in [1.54, 1.807) is 0 Å². The van der Waals surface area contributed by atoms with E-state index in [-0.39, 0.29) is 5.91 Å². The van der Waals surface area contributed by atoms with Crippen LogP contribution in [0, 0.1) is 6.92 Å². The van der Waals surface area contributed by atoms with Gasteiger partial charge in [-0.2, -0.15) is 5.10 Å². The maximum Gasteiger partial charge on any atom is 0.247 e. The van der Waals surface area contributed by atoms with Gasteiger partial charge in [-0.3, -0.25) is 14.3 Å². The van der Waals surface area contributed by atoms with Crippen molar-refractivity contribution in [1.29, 1.82) is 0 Å². The van der Waals surface area contributed by atoms with Gasteiger partial charge in [0.1, 0.15) is 5.82 Å². The highest BCUT2D eigenvalue weighted by Crippen LogP contribution is 2.23. The second kappa shape index (κ2) is 6.93. The minimum absolute atomic E-state index is 0.203. The molecule has 0 saturated carbocycles. The molecule has 0 aliphatic heterocycles. The molecule has 0 bridgehead atoms. The van der Waals surface area contributed by atoms with Crippen LogP contribution in [0.15, 0.2) is 43.1 Å². The zero-order valence-corrected chi connectivity index (χ0v) is 14.2. The predicted octanol–water partition coefficient (Wildman–Crippen LogP) is 3.92. The van der Waals surface area contributed by atoms with Crippen LogP contribution in [-0.2, 0) is 17.6 Å². The standard InChI is InChI=1S/C18H19ClN4O/c1-3-16(24)20-14-9-7-13(8-10-14)5-4-6-15-21-22-18-17(19)12(2)11-23(15)18/h3,7-11,22H,1,4-6H2,2H3,(H,20,24). The topological polar surface area (TPSA) is 62.2 Å². The second-order valence-corrected chi connectivity index (χ2v) is 6.11. The number of rotatable bonds is 6. The molecule has 0 aliphatic carbocycles. The van der Waals surface area contributed by atoms with Crippen molar-refractivity contribution in [3.63, 3.8) is 0 Å². The molecule has 3 rings (SSSR count). The van der Waals surface area contributed by atoms with Gasteiger partial charge in [-0.1, -0.05) is 30.3 Å². The number of halogens is 1. The third kappa shape index (κ3) is 3.36. The first-order valence-electron chi connectivity index (χ1n) is 7.81. The van der Waals surface area contributed by atoms with Crippen molar-refractivity contribution in [1.82, 2.24) is 14.6 Å². The number of anilines is 1. The molecule has 2 heterocycles. The van der Waals surface area contributed by atoms with Crippen molar-refractivity contribution in [2.24, 2.45) is 0 Å². The molecule has 5 nitrogen and oxygen atoms in total.